The van der Waals surface area contributed by atoms with Crippen LogP contribution in [-0.2, 0) is 4.79 Å². The van der Waals surface area contributed by atoms with Gasteiger partial charge >= 0.3 is 0 Å². The lowest BCUT2D eigenvalue weighted by Gasteiger charge is -2.23. The summed E-state index contributed by atoms with van der Waals surface area (Å²) >= 11 is 2.15. The summed E-state index contributed by atoms with van der Waals surface area (Å²) in [4.78, 5) is 19.6. The Hall–Kier alpha value is -0.920. The lowest BCUT2D eigenvalue weighted by atomic mass is 9.92. The predicted molar refractivity (Wildman–Crippen MR) is 71.1 cm³/mol. The Kier molecular flexibility index (Phi) is 4.45. The van der Waals surface area contributed by atoms with Crippen LogP contribution < -0.4 is 10.6 Å². The van der Waals surface area contributed by atoms with Crippen LogP contribution in [0.3, 0.4) is 0 Å². The predicted octanol–water partition coefficient (Wildman–Crippen LogP) is 1.27. The Balaban J connectivity index is 2.65. The number of halogens is 1. The van der Waals surface area contributed by atoms with Gasteiger partial charge in [0.05, 0.1) is 8.99 Å². The standard InChI is InChI=1S/C10H15IN4O/c1-10(2,9(16)12-3)5-14-8-7(11)4-13-6-15-8/h4,6H,5H2,1-3H3,(H,12,16)(H,13,14,15). The fourth-order valence-corrected chi connectivity index (χ4v) is 1.66. The molecule has 0 saturated heterocycles. The van der Waals surface area contributed by atoms with Gasteiger partial charge in [0.1, 0.15) is 12.1 Å². The van der Waals surface area contributed by atoms with Crippen molar-refractivity contribution in [1.82, 2.24) is 15.3 Å². The molecule has 6 heteroatoms. The van der Waals surface area contributed by atoms with Crippen LogP contribution in [0, 0.1) is 8.99 Å². The number of hydrogen-bond acceptors (Lipinski definition) is 4. The molecule has 5 nitrogen and oxygen atoms in total. The van der Waals surface area contributed by atoms with Gasteiger partial charge in [-0.2, -0.15) is 0 Å². The SMILES string of the molecule is CNC(=O)C(C)(C)CNc1ncncc1I. The number of carbonyl (C=O) groups excluding carboxylic acids is 1. The van der Waals surface area contributed by atoms with Gasteiger partial charge in [-0.05, 0) is 36.4 Å². The number of hydrogen-bond donors (Lipinski definition) is 2. The lowest BCUT2D eigenvalue weighted by molar-refractivity contribution is -0.128. The monoisotopic (exact) mass is 334 g/mol. The van der Waals surface area contributed by atoms with E-state index in [9.17, 15) is 4.79 Å². The Bertz CT molecular complexity index is 381. The molecule has 0 fully saturated rings. The Morgan fingerprint density at radius 3 is 2.81 bits per heavy atom. The minimum absolute atomic E-state index is 0.00376. The number of carbonyl (C=O) groups is 1. The second kappa shape index (κ2) is 5.42. The molecular weight excluding hydrogens is 319 g/mol. The molecule has 1 aromatic heterocycles. The van der Waals surface area contributed by atoms with Crippen molar-refractivity contribution in [2.45, 2.75) is 13.8 Å². The summed E-state index contributed by atoms with van der Waals surface area (Å²) in [6, 6.07) is 0. The van der Waals surface area contributed by atoms with Crippen LogP contribution in [0.4, 0.5) is 5.82 Å². The maximum atomic E-state index is 11.6. The Morgan fingerprint density at radius 1 is 1.56 bits per heavy atom. The number of nitrogens with zero attached hydrogens (tertiary/aromatic N) is 2. The largest absolute Gasteiger partial charge is 0.368 e. The summed E-state index contributed by atoms with van der Waals surface area (Å²) in [6.07, 6.45) is 3.21. The first-order chi connectivity index (χ1) is 7.47. The van der Waals surface area contributed by atoms with Crippen molar-refractivity contribution in [2.75, 3.05) is 18.9 Å². The van der Waals surface area contributed by atoms with Gasteiger partial charge in [0.2, 0.25) is 5.91 Å². The molecule has 0 spiro atoms. The van der Waals surface area contributed by atoms with E-state index in [4.69, 9.17) is 0 Å². The van der Waals surface area contributed by atoms with Gasteiger partial charge in [0.15, 0.2) is 0 Å². The second-order valence-corrected chi connectivity index (χ2v) is 5.20. The molecule has 0 unspecified atom stereocenters. The van der Waals surface area contributed by atoms with E-state index in [1.165, 1.54) is 6.33 Å². The van der Waals surface area contributed by atoms with Gasteiger partial charge in [-0.1, -0.05) is 0 Å². The zero-order valence-corrected chi connectivity index (χ0v) is 11.7. The van der Waals surface area contributed by atoms with Crippen molar-refractivity contribution < 1.29 is 4.79 Å². The second-order valence-electron chi connectivity index (χ2n) is 4.04. The summed E-state index contributed by atoms with van der Waals surface area (Å²) < 4.78 is 0.938. The highest BCUT2D eigenvalue weighted by molar-refractivity contribution is 14.1. The molecule has 0 radical (unpaired) electrons. The average Bonchev–Trinajstić information content (AvgIpc) is 2.27. The van der Waals surface area contributed by atoms with Crippen molar-refractivity contribution in [2.24, 2.45) is 5.41 Å². The third-order valence-electron chi connectivity index (χ3n) is 2.21. The van der Waals surface area contributed by atoms with Crippen LogP contribution in [0.2, 0.25) is 0 Å². The van der Waals surface area contributed by atoms with E-state index in [1.54, 1.807) is 13.2 Å². The fourth-order valence-electron chi connectivity index (χ4n) is 1.17. The number of nitrogens with one attached hydrogen (secondary N) is 2. The van der Waals surface area contributed by atoms with Gasteiger partial charge in [-0.3, -0.25) is 4.79 Å². The fraction of sp³-hybridized carbons (Fsp3) is 0.500. The minimum Gasteiger partial charge on any atom is -0.368 e. The van der Waals surface area contributed by atoms with E-state index in [0.717, 1.165) is 9.39 Å². The maximum absolute atomic E-state index is 11.6. The van der Waals surface area contributed by atoms with Gasteiger partial charge in [-0.15, -0.1) is 0 Å². The first-order valence-electron chi connectivity index (χ1n) is 4.89. The van der Waals surface area contributed by atoms with Gasteiger partial charge in [0.25, 0.3) is 0 Å². The summed E-state index contributed by atoms with van der Waals surface area (Å²) in [5.41, 5.74) is -0.469. The van der Waals surface area contributed by atoms with E-state index < -0.39 is 5.41 Å². The highest BCUT2D eigenvalue weighted by Crippen LogP contribution is 2.18. The maximum Gasteiger partial charge on any atom is 0.227 e. The molecule has 0 aromatic carbocycles. The van der Waals surface area contributed by atoms with Crippen molar-refractivity contribution in [1.29, 1.82) is 0 Å². The lowest BCUT2D eigenvalue weighted by Crippen LogP contribution is -2.39. The average molecular weight is 334 g/mol. The molecule has 0 atom stereocenters. The zero-order valence-electron chi connectivity index (χ0n) is 9.54. The normalized spacial score (nSPS) is 11.0. The van der Waals surface area contributed by atoms with Crippen LogP contribution in [-0.4, -0.2) is 29.5 Å². The molecule has 1 heterocycles. The minimum atomic E-state index is -0.469. The van der Waals surface area contributed by atoms with E-state index in [-0.39, 0.29) is 5.91 Å². The van der Waals surface area contributed by atoms with Crippen molar-refractivity contribution >= 4 is 34.3 Å². The molecule has 0 saturated carbocycles. The highest BCUT2D eigenvalue weighted by Gasteiger charge is 2.26. The topological polar surface area (TPSA) is 66.9 Å². The smallest absolute Gasteiger partial charge is 0.227 e. The van der Waals surface area contributed by atoms with Crippen molar-refractivity contribution in [3.63, 3.8) is 0 Å². The van der Waals surface area contributed by atoms with Gasteiger partial charge in [0, 0.05) is 19.8 Å². The van der Waals surface area contributed by atoms with Crippen LogP contribution in [0.1, 0.15) is 13.8 Å². The molecule has 16 heavy (non-hydrogen) atoms. The Morgan fingerprint density at radius 2 is 2.25 bits per heavy atom. The molecule has 1 rings (SSSR count). The summed E-state index contributed by atoms with van der Waals surface area (Å²) in [7, 11) is 1.64. The highest BCUT2D eigenvalue weighted by atomic mass is 127. The third kappa shape index (κ3) is 3.29. The van der Waals surface area contributed by atoms with Gasteiger partial charge < -0.3 is 10.6 Å². The third-order valence-corrected chi connectivity index (χ3v) is 3.00. The van der Waals surface area contributed by atoms with Gasteiger partial charge in [-0.25, -0.2) is 9.97 Å². The number of anilines is 1. The van der Waals surface area contributed by atoms with E-state index in [1.807, 2.05) is 13.8 Å². The summed E-state index contributed by atoms with van der Waals surface area (Å²) in [5.74, 6) is 0.761. The molecule has 1 amide bonds. The molecule has 0 aliphatic carbocycles. The first-order valence-corrected chi connectivity index (χ1v) is 5.97. The first kappa shape index (κ1) is 13.1. The Labute approximate surface area is 109 Å². The molecule has 1 aromatic rings. The molecule has 2 N–H and O–H groups in total. The molecule has 0 aliphatic heterocycles. The summed E-state index contributed by atoms with van der Waals surface area (Å²) in [5, 5.41) is 5.79. The van der Waals surface area contributed by atoms with E-state index in [2.05, 4.69) is 43.2 Å². The number of rotatable bonds is 4. The van der Waals surface area contributed by atoms with Crippen molar-refractivity contribution in [3.05, 3.63) is 16.1 Å². The van der Waals surface area contributed by atoms with E-state index >= 15 is 0 Å². The van der Waals surface area contributed by atoms with E-state index in [0.29, 0.717) is 6.54 Å². The molecule has 88 valence electrons. The van der Waals surface area contributed by atoms with Crippen LogP contribution in [0.5, 0.6) is 0 Å². The van der Waals surface area contributed by atoms with Crippen LogP contribution in [0.15, 0.2) is 12.5 Å². The zero-order chi connectivity index (χ0) is 12.2. The van der Waals surface area contributed by atoms with Crippen LogP contribution in [0.25, 0.3) is 0 Å². The number of amides is 1. The molecule has 0 aliphatic rings. The molecule has 0 bridgehead atoms. The summed E-state index contributed by atoms with van der Waals surface area (Å²) in [6.45, 7) is 4.29. The van der Waals surface area contributed by atoms with Crippen molar-refractivity contribution in [3.8, 4) is 0 Å². The van der Waals surface area contributed by atoms with Crippen LogP contribution >= 0.6 is 22.6 Å². The number of aromatic nitrogens is 2. The molecular formula is C10H15IN4O. The quantitative estimate of drug-likeness (QED) is 0.814.